The van der Waals surface area contributed by atoms with Gasteiger partial charge >= 0.3 is 12.0 Å². The molecule has 2 N–H and O–H groups in total. The summed E-state index contributed by atoms with van der Waals surface area (Å²) in [6, 6.07) is -0.967. The van der Waals surface area contributed by atoms with E-state index in [0.29, 0.717) is 26.1 Å². The van der Waals surface area contributed by atoms with Crippen LogP contribution in [0, 0.1) is 5.92 Å². The van der Waals surface area contributed by atoms with Gasteiger partial charge in [-0.25, -0.2) is 9.59 Å². The fourth-order valence-electron chi connectivity index (χ4n) is 1.97. The summed E-state index contributed by atoms with van der Waals surface area (Å²) in [5.74, 6) is -0.711. The zero-order chi connectivity index (χ0) is 12.8. The molecule has 1 aliphatic heterocycles. The van der Waals surface area contributed by atoms with E-state index in [0.717, 1.165) is 6.42 Å². The first-order chi connectivity index (χ1) is 8.06. The van der Waals surface area contributed by atoms with Gasteiger partial charge < -0.3 is 20.1 Å². The second-order valence-corrected chi connectivity index (χ2v) is 4.44. The van der Waals surface area contributed by atoms with Crippen molar-refractivity contribution in [1.29, 1.82) is 0 Å². The van der Waals surface area contributed by atoms with Crippen molar-refractivity contribution < 1.29 is 19.4 Å². The fourth-order valence-corrected chi connectivity index (χ4v) is 1.97. The number of methoxy groups -OCH3 is 1. The van der Waals surface area contributed by atoms with Gasteiger partial charge in [0, 0.05) is 20.2 Å². The van der Waals surface area contributed by atoms with Crippen LogP contribution in [-0.4, -0.2) is 54.9 Å². The van der Waals surface area contributed by atoms with Gasteiger partial charge in [0.15, 0.2) is 0 Å². The number of carboxylic acid groups (broad SMARTS) is 1. The zero-order valence-corrected chi connectivity index (χ0v) is 10.3. The maximum atomic E-state index is 11.8. The number of hydrogen-bond donors (Lipinski definition) is 2. The smallest absolute Gasteiger partial charge is 0.326 e. The molecular weight excluding hydrogens is 224 g/mol. The molecule has 1 heterocycles. The van der Waals surface area contributed by atoms with Gasteiger partial charge in [-0.15, -0.1) is 0 Å². The molecule has 0 radical (unpaired) electrons. The summed E-state index contributed by atoms with van der Waals surface area (Å²) in [6.45, 7) is 3.54. The molecule has 0 aromatic carbocycles. The third-order valence-corrected chi connectivity index (χ3v) is 2.85. The maximum Gasteiger partial charge on any atom is 0.326 e. The molecule has 1 fully saturated rings. The van der Waals surface area contributed by atoms with Crippen molar-refractivity contribution in [3.63, 3.8) is 0 Å². The average Bonchev–Trinajstić information content (AvgIpc) is 2.75. The molecule has 1 aliphatic rings. The predicted molar refractivity (Wildman–Crippen MR) is 61.8 cm³/mol. The lowest BCUT2D eigenvalue weighted by Gasteiger charge is -2.22. The first kappa shape index (κ1) is 13.8. The van der Waals surface area contributed by atoms with Gasteiger partial charge in [-0.2, -0.15) is 0 Å². The fraction of sp³-hybridized carbons (Fsp3) is 0.818. The minimum absolute atomic E-state index is 0.217. The topological polar surface area (TPSA) is 78.9 Å². The number of nitrogens with one attached hydrogen (secondary N) is 1. The quantitative estimate of drug-likeness (QED) is 0.739. The molecule has 1 saturated heterocycles. The van der Waals surface area contributed by atoms with E-state index in [9.17, 15) is 9.59 Å². The highest BCUT2D eigenvalue weighted by Gasteiger charge is 2.33. The zero-order valence-electron chi connectivity index (χ0n) is 10.3. The Balaban J connectivity index is 2.39. The van der Waals surface area contributed by atoms with E-state index in [-0.39, 0.29) is 11.9 Å². The number of likely N-dealkylation sites (tertiary alicyclic amines) is 1. The second kappa shape index (κ2) is 6.44. The summed E-state index contributed by atoms with van der Waals surface area (Å²) >= 11 is 0. The predicted octanol–water partition coefficient (Wildman–Crippen LogP) is 0.527. The number of hydrogen-bond acceptors (Lipinski definition) is 3. The van der Waals surface area contributed by atoms with Gasteiger partial charge in [0.05, 0.1) is 6.61 Å². The van der Waals surface area contributed by atoms with E-state index in [4.69, 9.17) is 9.84 Å². The summed E-state index contributed by atoms with van der Waals surface area (Å²) in [7, 11) is 1.61. The lowest BCUT2D eigenvalue weighted by molar-refractivity contribution is -0.141. The Morgan fingerprint density at radius 2 is 2.29 bits per heavy atom. The molecular formula is C11H20N2O4. The number of nitrogens with zero attached hydrogens (tertiary/aromatic N) is 1. The molecule has 1 rings (SSSR count). The summed E-state index contributed by atoms with van der Waals surface area (Å²) in [5, 5.41) is 11.7. The Hall–Kier alpha value is -1.30. The number of aliphatic carboxylic acids is 1. The van der Waals surface area contributed by atoms with E-state index in [2.05, 4.69) is 5.32 Å². The van der Waals surface area contributed by atoms with Crippen molar-refractivity contribution in [3.8, 4) is 0 Å². The van der Waals surface area contributed by atoms with Crippen LogP contribution in [0.15, 0.2) is 0 Å². The number of carbonyl (C=O) groups excluding carboxylic acids is 1. The molecule has 0 bridgehead atoms. The summed E-state index contributed by atoms with van der Waals surface area (Å²) in [4.78, 5) is 24.1. The number of amides is 2. The number of carboxylic acids is 1. The summed E-state index contributed by atoms with van der Waals surface area (Å²) in [5.41, 5.74) is 0. The molecule has 17 heavy (non-hydrogen) atoms. The largest absolute Gasteiger partial charge is 0.480 e. The molecule has 0 aromatic heterocycles. The SMILES string of the molecule is COCC(C)CNC(=O)N1CCC[C@@H]1C(=O)O. The Morgan fingerprint density at radius 1 is 1.59 bits per heavy atom. The third kappa shape index (κ3) is 3.89. The highest BCUT2D eigenvalue weighted by molar-refractivity contribution is 5.83. The van der Waals surface area contributed by atoms with Crippen LogP contribution < -0.4 is 5.32 Å². The standard InChI is InChI=1S/C11H20N2O4/c1-8(7-17-2)6-12-11(16)13-5-3-4-9(13)10(14)15/h8-9H,3-7H2,1-2H3,(H,12,16)(H,14,15)/t8?,9-/m1/s1. The first-order valence-electron chi connectivity index (χ1n) is 5.82. The molecule has 0 spiro atoms. The van der Waals surface area contributed by atoms with Crippen molar-refractivity contribution in [3.05, 3.63) is 0 Å². The van der Waals surface area contributed by atoms with Crippen LogP contribution >= 0.6 is 0 Å². The van der Waals surface area contributed by atoms with E-state index in [1.54, 1.807) is 7.11 Å². The number of carbonyl (C=O) groups is 2. The van der Waals surface area contributed by atoms with Gasteiger partial charge in [0.1, 0.15) is 6.04 Å². The number of rotatable bonds is 5. The summed E-state index contributed by atoms with van der Waals surface area (Å²) < 4.78 is 4.96. The van der Waals surface area contributed by atoms with Gasteiger partial charge in [-0.1, -0.05) is 6.92 Å². The van der Waals surface area contributed by atoms with Crippen LogP contribution in [0.2, 0.25) is 0 Å². The molecule has 2 amide bonds. The number of ether oxygens (including phenoxy) is 1. The van der Waals surface area contributed by atoms with Crippen LogP contribution in [0.3, 0.4) is 0 Å². The summed E-state index contributed by atoms with van der Waals surface area (Å²) in [6.07, 6.45) is 1.29. The maximum absolute atomic E-state index is 11.8. The molecule has 0 saturated carbocycles. The van der Waals surface area contributed by atoms with Crippen LogP contribution in [0.25, 0.3) is 0 Å². The van der Waals surface area contributed by atoms with E-state index in [1.165, 1.54) is 4.90 Å². The van der Waals surface area contributed by atoms with Gasteiger partial charge in [-0.05, 0) is 18.8 Å². The van der Waals surface area contributed by atoms with Crippen LogP contribution in [0.4, 0.5) is 4.79 Å². The van der Waals surface area contributed by atoms with E-state index in [1.807, 2.05) is 6.92 Å². The van der Waals surface area contributed by atoms with Crippen molar-refractivity contribution in [2.75, 3.05) is 26.8 Å². The van der Waals surface area contributed by atoms with Gasteiger partial charge in [0.25, 0.3) is 0 Å². The van der Waals surface area contributed by atoms with Crippen molar-refractivity contribution in [2.24, 2.45) is 5.92 Å². The van der Waals surface area contributed by atoms with E-state index >= 15 is 0 Å². The van der Waals surface area contributed by atoms with Crippen molar-refractivity contribution in [1.82, 2.24) is 10.2 Å². The monoisotopic (exact) mass is 244 g/mol. The minimum Gasteiger partial charge on any atom is -0.480 e. The van der Waals surface area contributed by atoms with E-state index < -0.39 is 12.0 Å². The normalized spacial score (nSPS) is 21.3. The van der Waals surface area contributed by atoms with Crippen LogP contribution in [-0.2, 0) is 9.53 Å². The molecule has 98 valence electrons. The molecule has 2 atom stereocenters. The molecule has 6 nitrogen and oxygen atoms in total. The van der Waals surface area contributed by atoms with Gasteiger partial charge in [0.2, 0.25) is 0 Å². The highest BCUT2D eigenvalue weighted by Crippen LogP contribution is 2.17. The minimum atomic E-state index is -0.928. The Kier molecular flexibility index (Phi) is 5.21. The number of urea groups is 1. The Morgan fingerprint density at radius 3 is 2.88 bits per heavy atom. The Bertz CT molecular complexity index is 283. The van der Waals surface area contributed by atoms with Crippen molar-refractivity contribution >= 4 is 12.0 Å². The van der Waals surface area contributed by atoms with Crippen LogP contribution in [0.5, 0.6) is 0 Å². The second-order valence-electron chi connectivity index (χ2n) is 4.44. The molecule has 6 heteroatoms. The third-order valence-electron chi connectivity index (χ3n) is 2.85. The van der Waals surface area contributed by atoms with Gasteiger partial charge in [-0.3, -0.25) is 0 Å². The highest BCUT2D eigenvalue weighted by atomic mass is 16.5. The first-order valence-corrected chi connectivity index (χ1v) is 5.82. The average molecular weight is 244 g/mol. The Labute approximate surface area is 101 Å². The lowest BCUT2D eigenvalue weighted by Crippen LogP contribution is -2.47. The lowest BCUT2D eigenvalue weighted by atomic mass is 10.2. The molecule has 1 unspecified atom stereocenters. The molecule has 0 aromatic rings. The van der Waals surface area contributed by atoms with Crippen molar-refractivity contribution in [2.45, 2.75) is 25.8 Å². The molecule has 0 aliphatic carbocycles. The van der Waals surface area contributed by atoms with Crippen LogP contribution in [0.1, 0.15) is 19.8 Å².